The van der Waals surface area contributed by atoms with Gasteiger partial charge in [-0.3, -0.25) is 4.79 Å². The van der Waals surface area contributed by atoms with Crippen LogP contribution in [0.1, 0.15) is 10.4 Å². The molecule has 0 unspecified atom stereocenters. The predicted octanol–water partition coefficient (Wildman–Crippen LogP) is 5.25. The molecule has 27 heavy (non-hydrogen) atoms. The van der Waals surface area contributed by atoms with Crippen LogP contribution in [0.25, 0.3) is 44.5 Å². The molecule has 2 aromatic heterocycles. The van der Waals surface area contributed by atoms with Gasteiger partial charge < -0.3 is 9.05 Å². The number of fused-ring (bicyclic) bond motifs is 2. The monoisotopic (exact) mass is 358 g/mol. The van der Waals surface area contributed by atoms with Crippen LogP contribution in [-0.2, 0) is 0 Å². The fraction of sp³-hybridized carbons (Fsp3) is 0. The highest BCUT2D eigenvalue weighted by molar-refractivity contribution is 6.05. The number of nitrogens with zero attached hydrogens (tertiary/aromatic N) is 2. The molecule has 130 valence electrons. The van der Waals surface area contributed by atoms with Crippen molar-refractivity contribution in [3.8, 4) is 22.5 Å². The molecule has 0 radical (unpaired) electrons. The fourth-order valence-corrected chi connectivity index (χ4v) is 3.31. The molecule has 6 heteroatoms. The lowest BCUT2D eigenvalue weighted by Crippen LogP contribution is -1.97. The fourth-order valence-electron chi connectivity index (χ4n) is 3.31. The van der Waals surface area contributed by atoms with E-state index < -0.39 is 5.82 Å². The van der Waals surface area contributed by atoms with Crippen LogP contribution in [0, 0.1) is 5.82 Å². The Hall–Kier alpha value is -3.80. The van der Waals surface area contributed by atoms with Gasteiger partial charge in [-0.1, -0.05) is 34.6 Å². The third kappa shape index (κ3) is 2.27. The number of aldehydes is 1. The van der Waals surface area contributed by atoms with Crippen molar-refractivity contribution in [3.63, 3.8) is 0 Å². The van der Waals surface area contributed by atoms with E-state index >= 15 is 0 Å². The van der Waals surface area contributed by atoms with E-state index in [2.05, 4.69) is 10.3 Å². The quantitative estimate of drug-likeness (QED) is 0.412. The minimum absolute atomic E-state index is 0.156. The van der Waals surface area contributed by atoms with Crippen LogP contribution in [-0.4, -0.2) is 16.6 Å². The summed E-state index contributed by atoms with van der Waals surface area (Å²) >= 11 is 0. The Morgan fingerprint density at radius 2 is 1.30 bits per heavy atom. The van der Waals surface area contributed by atoms with Gasteiger partial charge in [-0.15, -0.1) is 0 Å². The first-order valence-corrected chi connectivity index (χ1v) is 8.25. The molecule has 0 atom stereocenters. The normalized spacial score (nSPS) is 11.3. The topological polar surface area (TPSA) is 69.1 Å². The number of carbonyl (C=O) groups excluding carboxylic acids is 1. The maximum absolute atomic E-state index is 15.0. The first-order chi connectivity index (χ1) is 13.3. The zero-order valence-corrected chi connectivity index (χ0v) is 13.8. The van der Waals surface area contributed by atoms with E-state index in [9.17, 15) is 9.18 Å². The van der Waals surface area contributed by atoms with Gasteiger partial charge in [-0.05, 0) is 36.4 Å². The number of rotatable bonds is 3. The molecule has 2 heterocycles. The lowest BCUT2D eigenvalue weighted by Gasteiger charge is -2.09. The highest BCUT2D eigenvalue weighted by Gasteiger charge is 2.25. The summed E-state index contributed by atoms with van der Waals surface area (Å²) in [5.41, 5.74) is 2.54. The Bertz CT molecular complexity index is 1320. The van der Waals surface area contributed by atoms with Gasteiger partial charge in [0.25, 0.3) is 0 Å². The van der Waals surface area contributed by atoms with Crippen LogP contribution in [0.4, 0.5) is 4.39 Å². The summed E-state index contributed by atoms with van der Waals surface area (Å²) < 4.78 is 25.7. The lowest BCUT2D eigenvalue weighted by molar-refractivity contribution is 0.112. The van der Waals surface area contributed by atoms with Gasteiger partial charge >= 0.3 is 0 Å². The summed E-state index contributed by atoms with van der Waals surface area (Å²) in [7, 11) is 0. The molecule has 5 rings (SSSR count). The smallest absolute Gasteiger partial charge is 0.167 e. The SMILES string of the molecule is O=Cc1ccc(F)c(-c2noc3ccccc23)c1-c1noc2ccccc12. The Labute approximate surface area is 152 Å². The van der Waals surface area contributed by atoms with E-state index in [0.717, 1.165) is 0 Å². The number of aromatic nitrogens is 2. The summed E-state index contributed by atoms with van der Waals surface area (Å²) in [6.45, 7) is 0. The number of para-hydroxylation sites is 2. The third-order valence-electron chi connectivity index (χ3n) is 4.54. The molecule has 0 aliphatic rings. The first-order valence-electron chi connectivity index (χ1n) is 8.25. The second-order valence-corrected chi connectivity index (χ2v) is 6.06. The van der Waals surface area contributed by atoms with Crippen molar-refractivity contribution in [1.29, 1.82) is 0 Å². The molecule has 0 aliphatic heterocycles. The molecule has 0 saturated heterocycles. The molecular weight excluding hydrogens is 347 g/mol. The minimum Gasteiger partial charge on any atom is -0.356 e. The lowest BCUT2D eigenvalue weighted by atomic mass is 9.93. The van der Waals surface area contributed by atoms with Gasteiger partial charge in [0.2, 0.25) is 0 Å². The molecule has 5 aromatic rings. The Balaban J connectivity index is 1.91. The molecular formula is C21H11FN2O3. The summed E-state index contributed by atoms with van der Waals surface area (Å²) in [6, 6.07) is 17.0. The van der Waals surface area contributed by atoms with Crippen molar-refractivity contribution in [1.82, 2.24) is 10.3 Å². The molecule has 0 saturated carbocycles. The van der Waals surface area contributed by atoms with Crippen LogP contribution in [0.5, 0.6) is 0 Å². The van der Waals surface area contributed by atoms with Crippen molar-refractivity contribution in [2.45, 2.75) is 0 Å². The number of carbonyl (C=O) groups is 1. The molecule has 0 spiro atoms. The third-order valence-corrected chi connectivity index (χ3v) is 4.54. The van der Waals surface area contributed by atoms with Crippen LogP contribution >= 0.6 is 0 Å². The average Bonchev–Trinajstić information content (AvgIpc) is 3.32. The Morgan fingerprint density at radius 1 is 0.741 bits per heavy atom. The van der Waals surface area contributed by atoms with Gasteiger partial charge in [0.15, 0.2) is 17.5 Å². The van der Waals surface area contributed by atoms with E-state index in [1.54, 1.807) is 18.2 Å². The molecule has 0 N–H and O–H groups in total. The zero-order chi connectivity index (χ0) is 18.4. The summed E-state index contributed by atoms with van der Waals surface area (Å²) in [5, 5.41) is 9.50. The second kappa shape index (κ2) is 5.88. The van der Waals surface area contributed by atoms with Crippen LogP contribution in [0.2, 0.25) is 0 Å². The van der Waals surface area contributed by atoms with E-state index in [1.165, 1.54) is 12.1 Å². The maximum Gasteiger partial charge on any atom is 0.167 e. The van der Waals surface area contributed by atoms with E-state index in [-0.39, 0.29) is 11.1 Å². The predicted molar refractivity (Wildman–Crippen MR) is 97.8 cm³/mol. The number of hydrogen-bond donors (Lipinski definition) is 0. The highest BCUT2D eigenvalue weighted by atomic mass is 19.1. The van der Waals surface area contributed by atoms with Crippen LogP contribution in [0.3, 0.4) is 0 Å². The Morgan fingerprint density at radius 3 is 1.89 bits per heavy atom. The van der Waals surface area contributed by atoms with Crippen molar-refractivity contribution >= 4 is 28.2 Å². The van der Waals surface area contributed by atoms with E-state index in [0.29, 0.717) is 45.2 Å². The van der Waals surface area contributed by atoms with Crippen molar-refractivity contribution in [2.75, 3.05) is 0 Å². The van der Waals surface area contributed by atoms with Crippen molar-refractivity contribution < 1.29 is 18.2 Å². The van der Waals surface area contributed by atoms with Gasteiger partial charge in [0.05, 0.1) is 5.56 Å². The van der Waals surface area contributed by atoms with Gasteiger partial charge in [-0.2, -0.15) is 0 Å². The van der Waals surface area contributed by atoms with Gasteiger partial charge in [0.1, 0.15) is 17.2 Å². The largest absolute Gasteiger partial charge is 0.356 e. The van der Waals surface area contributed by atoms with E-state index in [4.69, 9.17) is 9.05 Å². The number of halogens is 1. The first kappa shape index (κ1) is 15.5. The van der Waals surface area contributed by atoms with Crippen molar-refractivity contribution in [3.05, 3.63) is 72.0 Å². The number of hydrogen-bond acceptors (Lipinski definition) is 5. The summed E-state index contributed by atoms with van der Waals surface area (Å²) in [5.74, 6) is -0.526. The zero-order valence-electron chi connectivity index (χ0n) is 13.8. The van der Waals surface area contributed by atoms with E-state index in [1.807, 2.05) is 30.3 Å². The van der Waals surface area contributed by atoms with Crippen LogP contribution in [0.15, 0.2) is 69.7 Å². The molecule has 3 aromatic carbocycles. The number of benzene rings is 3. The second-order valence-electron chi connectivity index (χ2n) is 6.06. The molecule has 0 bridgehead atoms. The average molecular weight is 358 g/mol. The van der Waals surface area contributed by atoms with Gasteiger partial charge in [0, 0.05) is 21.9 Å². The highest BCUT2D eigenvalue weighted by Crippen LogP contribution is 2.41. The molecule has 5 nitrogen and oxygen atoms in total. The maximum atomic E-state index is 15.0. The molecule has 0 aliphatic carbocycles. The molecule has 0 fully saturated rings. The Kier molecular flexibility index (Phi) is 3.36. The summed E-state index contributed by atoms with van der Waals surface area (Å²) in [4.78, 5) is 11.7. The standard InChI is InChI=1S/C21H11FN2O3/c22-15-10-9-12(11-25)18(20-13-5-1-3-7-16(13)26-23-20)19(15)21-14-6-2-4-8-17(14)27-24-21/h1-11H. The molecule has 0 amide bonds. The van der Waals surface area contributed by atoms with Crippen molar-refractivity contribution in [2.24, 2.45) is 0 Å². The van der Waals surface area contributed by atoms with Crippen LogP contribution < -0.4 is 0 Å². The summed E-state index contributed by atoms with van der Waals surface area (Å²) in [6.07, 6.45) is 0.671. The minimum atomic E-state index is -0.526. The van der Waals surface area contributed by atoms with Gasteiger partial charge in [-0.25, -0.2) is 4.39 Å².